The highest BCUT2D eigenvalue weighted by molar-refractivity contribution is 5.73. The Morgan fingerprint density at radius 3 is 2.65 bits per heavy atom. The quantitative estimate of drug-likeness (QED) is 0.866. The van der Waals surface area contributed by atoms with E-state index in [1.165, 1.54) is 0 Å². The van der Waals surface area contributed by atoms with E-state index in [9.17, 15) is 0 Å². The van der Waals surface area contributed by atoms with E-state index in [1.807, 2.05) is 25.1 Å². The maximum absolute atomic E-state index is 9.15. The Morgan fingerprint density at radius 2 is 2.06 bits per heavy atom. The summed E-state index contributed by atoms with van der Waals surface area (Å²) in [5.74, 6) is 0.885. The maximum atomic E-state index is 9.15. The Labute approximate surface area is 101 Å². The Kier molecular flexibility index (Phi) is 2.96. The number of rotatable bonds is 2. The van der Waals surface area contributed by atoms with Crippen molar-refractivity contribution in [3.05, 3.63) is 29.7 Å². The molecule has 0 amide bonds. The summed E-state index contributed by atoms with van der Waals surface area (Å²) >= 11 is 0. The molecule has 3 nitrogen and oxygen atoms in total. The third kappa shape index (κ3) is 2.34. The largest absolute Gasteiger partial charge is 0.440 e. The van der Waals surface area contributed by atoms with Gasteiger partial charge in [0.15, 0.2) is 5.58 Å². The average Bonchev–Trinajstić information content (AvgIpc) is 2.70. The second-order valence-electron chi connectivity index (χ2n) is 5.58. The number of fused-ring (bicyclic) bond motifs is 1. The van der Waals surface area contributed by atoms with Gasteiger partial charge in [0, 0.05) is 17.9 Å². The average molecular weight is 233 g/mol. The Bertz CT molecular complexity index is 522. The molecule has 1 atom stereocenters. The van der Waals surface area contributed by atoms with Crippen LogP contribution in [0.1, 0.15) is 45.1 Å². The normalized spacial score (nSPS) is 14.2. The van der Waals surface area contributed by atoms with Crippen LogP contribution in [0.2, 0.25) is 0 Å². The number of nitrogens with zero attached hydrogens (tertiary/aromatic N) is 1. The molecule has 0 aliphatic carbocycles. The number of hydrogen-bond donors (Lipinski definition) is 1. The Hall–Kier alpha value is -1.35. The van der Waals surface area contributed by atoms with E-state index in [0.29, 0.717) is 0 Å². The van der Waals surface area contributed by atoms with Crippen LogP contribution in [-0.4, -0.2) is 16.7 Å². The fraction of sp³-hybridized carbons (Fsp3) is 0.500. The number of aromatic nitrogens is 1. The molecule has 1 aromatic carbocycles. The van der Waals surface area contributed by atoms with Crippen molar-refractivity contribution in [2.24, 2.45) is 0 Å². The highest BCUT2D eigenvalue weighted by Gasteiger charge is 2.21. The van der Waals surface area contributed by atoms with Gasteiger partial charge in [-0.05, 0) is 17.7 Å². The zero-order valence-electron chi connectivity index (χ0n) is 10.8. The minimum Gasteiger partial charge on any atom is -0.440 e. The maximum Gasteiger partial charge on any atom is 0.200 e. The highest BCUT2D eigenvalue weighted by Crippen LogP contribution is 2.27. The fourth-order valence-electron chi connectivity index (χ4n) is 1.68. The monoisotopic (exact) mass is 233 g/mol. The van der Waals surface area contributed by atoms with E-state index in [0.717, 1.165) is 22.6 Å². The van der Waals surface area contributed by atoms with E-state index in [2.05, 4.69) is 25.8 Å². The summed E-state index contributed by atoms with van der Waals surface area (Å²) < 4.78 is 5.73. The number of aliphatic hydroxyl groups is 1. The number of aliphatic hydroxyl groups excluding tert-OH is 1. The van der Waals surface area contributed by atoms with Crippen LogP contribution in [0.15, 0.2) is 22.6 Å². The third-order valence-electron chi connectivity index (χ3n) is 2.90. The van der Waals surface area contributed by atoms with E-state index in [1.54, 1.807) is 0 Å². The molecule has 17 heavy (non-hydrogen) atoms. The van der Waals surface area contributed by atoms with Crippen molar-refractivity contribution in [2.75, 3.05) is 6.61 Å². The van der Waals surface area contributed by atoms with Crippen molar-refractivity contribution in [3.63, 3.8) is 0 Å². The van der Waals surface area contributed by atoms with E-state index >= 15 is 0 Å². The fourth-order valence-corrected chi connectivity index (χ4v) is 1.68. The second kappa shape index (κ2) is 4.15. The molecule has 2 rings (SSSR count). The summed E-state index contributed by atoms with van der Waals surface area (Å²) in [4.78, 5) is 4.51. The Morgan fingerprint density at radius 1 is 1.35 bits per heavy atom. The van der Waals surface area contributed by atoms with E-state index < -0.39 is 0 Å². The van der Waals surface area contributed by atoms with Crippen LogP contribution in [0, 0.1) is 0 Å². The number of hydrogen-bond acceptors (Lipinski definition) is 3. The van der Waals surface area contributed by atoms with Gasteiger partial charge in [0.25, 0.3) is 0 Å². The standard InChI is InChI=1S/C14H19NO2/c1-9(8-16)10-5-6-12-11(7-10)15-13(17-12)14(2,3)4/h5-7,9,16H,8H2,1-4H3. The van der Waals surface area contributed by atoms with Gasteiger partial charge in [-0.3, -0.25) is 0 Å². The first-order valence-corrected chi connectivity index (χ1v) is 5.93. The minimum absolute atomic E-state index is 0.0816. The van der Waals surface area contributed by atoms with Crippen LogP contribution >= 0.6 is 0 Å². The molecule has 0 bridgehead atoms. The summed E-state index contributed by atoms with van der Waals surface area (Å²) in [5, 5.41) is 9.15. The predicted molar refractivity (Wildman–Crippen MR) is 68.2 cm³/mol. The van der Waals surface area contributed by atoms with Crippen LogP contribution < -0.4 is 0 Å². The van der Waals surface area contributed by atoms with Crippen LogP contribution in [-0.2, 0) is 5.41 Å². The molecule has 0 saturated heterocycles. The summed E-state index contributed by atoms with van der Waals surface area (Å²) in [5.41, 5.74) is 2.69. The molecular formula is C14H19NO2. The molecule has 0 spiro atoms. The van der Waals surface area contributed by atoms with Gasteiger partial charge in [-0.15, -0.1) is 0 Å². The molecule has 92 valence electrons. The smallest absolute Gasteiger partial charge is 0.200 e. The minimum atomic E-state index is -0.0816. The van der Waals surface area contributed by atoms with Gasteiger partial charge in [-0.2, -0.15) is 0 Å². The summed E-state index contributed by atoms with van der Waals surface area (Å²) in [6.45, 7) is 8.38. The van der Waals surface area contributed by atoms with Crippen molar-refractivity contribution in [2.45, 2.75) is 39.0 Å². The molecule has 0 aliphatic rings. The first-order chi connectivity index (χ1) is 7.91. The molecule has 3 heteroatoms. The van der Waals surface area contributed by atoms with Gasteiger partial charge < -0.3 is 9.52 Å². The topological polar surface area (TPSA) is 46.3 Å². The molecule has 0 saturated carbocycles. The molecule has 0 fully saturated rings. The molecule has 1 unspecified atom stereocenters. The molecule has 1 N–H and O–H groups in total. The summed E-state index contributed by atoms with van der Waals surface area (Å²) in [7, 11) is 0. The van der Waals surface area contributed by atoms with Crippen molar-refractivity contribution < 1.29 is 9.52 Å². The predicted octanol–water partition coefficient (Wildman–Crippen LogP) is 3.22. The van der Waals surface area contributed by atoms with Crippen molar-refractivity contribution in [1.82, 2.24) is 4.98 Å². The lowest BCUT2D eigenvalue weighted by molar-refractivity contribution is 0.273. The van der Waals surface area contributed by atoms with Crippen LogP contribution in [0.3, 0.4) is 0 Å². The van der Waals surface area contributed by atoms with Gasteiger partial charge in [0.1, 0.15) is 5.52 Å². The van der Waals surface area contributed by atoms with Gasteiger partial charge in [-0.25, -0.2) is 4.98 Å². The van der Waals surface area contributed by atoms with Crippen molar-refractivity contribution in [3.8, 4) is 0 Å². The van der Waals surface area contributed by atoms with Crippen LogP contribution in [0.4, 0.5) is 0 Å². The number of benzene rings is 1. The summed E-state index contributed by atoms with van der Waals surface area (Å²) in [6.07, 6.45) is 0. The molecule has 1 heterocycles. The molecule has 1 aromatic heterocycles. The first-order valence-electron chi connectivity index (χ1n) is 5.93. The molecule has 2 aromatic rings. The molecular weight excluding hydrogens is 214 g/mol. The first kappa shape index (κ1) is 12.1. The molecule has 0 radical (unpaired) electrons. The Balaban J connectivity index is 2.48. The highest BCUT2D eigenvalue weighted by atomic mass is 16.3. The van der Waals surface area contributed by atoms with Gasteiger partial charge in [0.2, 0.25) is 5.89 Å². The zero-order valence-corrected chi connectivity index (χ0v) is 10.8. The lowest BCUT2D eigenvalue weighted by atomic mass is 9.97. The number of oxazole rings is 1. The van der Waals surface area contributed by atoms with Gasteiger partial charge in [-0.1, -0.05) is 33.8 Å². The summed E-state index contributed by atoms with van der Waals surface area (Å²) in [6, 6.07) is 5.91. The lowest BCUT2D eigenvalue weighted by Gasteiger charge is -2.11. The van der Waals surface area contributed by atoms with Gasteiger partial charge >= 0.3 is 0 Å². The van der Waals surface area contributed by atoms with Crippen LogP contribution in [0.5, 0.6) is 0 Å². The lowest BCUT2D eigenvalue weighted by Crippen LogP contribution is -2.10. The van der Waals surface area contributed by atoms with Crippen molar-refractivity contribution in [1.29, 1.82) is 0 Å². The molecule has 0 aliphatic heterocycles. The second-order valence-corrected chi connectivity index (χ2v) is 5.58. The van der Waals surface area contributed by atoms with Crippen molar-refractivity contribution >= 4 is 11.1 Å². The third-order valence-corrected chi connectivity index (χ3v) is 2.90. The van der Waals surface area contributed by atoms with E-state index in [4.69, 9.17) is 9.52 Å². The van der Waals surface area contributed by atoms with Crippen LogP contribution in [0.25, 0.3) is 11.1 Å². The van der Waals surface area contributed by atoms with E-state index in [-0.39, 0.29) is 17.9 Å². The SMILES string of the molecule is CC(CO)c1ccc2oc(C(C)(C)C)nc2c1. The zero-order chi connectivity index (χ0) is 12.6. The van der Waals surface area contributed by atoms with Gasteiger partial charge in [0.05, 0.1) is 0 Å².